The molecule has 1 rings (SSSR count). The second-order valence-electron chi connectivity index (χ2n) is 5.85. The fourth-order valence-corrected chi connectivity index (χ4v) is 2.73. The minimum atomic E-state index is -0.772. The van der Waals surface area contributed by atoms with Gasteiger partial charge in [-0.15, -0.1) is 11.3 Å². The van der Waals surface area contributed by atoms with Gasteiger partial charge >= 0.3 is 0 Å². The normalized spacial score (nSPS) is 13.2. The molecule has 1 aromatic heterocycles. The van der Waals surface area contributed by atoms with Crippen LogP contribution in [0.1, 0.15) is 63.5 Å². The highest BCUT2D eigenvalue weighted by Gasteiger charge is 2.28. The summed E-state index contributed by atoms with van der Waals surface area (Å²) in [6.45, 7) is 12.3. The minimum absolute atomic E-state index is 0.0661. The largest absolute Gasteiger partial charge is 0.385 e. The van der Waals surface area contributed by atoms with E-state index in [1.54, 1.807) is 11.3 Å². The minimum Gasteiger partial charge on any atom is -0.385 e. The lowest BCUT2D eigenvalue weighted by Gasteiger charge is -2.17. The van der Waals surface area contributed by atoms with Crippen molar-refractivity contribution in [2.45, 2.75) is 65.4 Å². The molecule has 3 heteroatoms. The second kappa shape index (κ2) is 4.46. The van der Waals surface area contributed by atoms with Crippen molar-refractivity contribution in [2.75, 3.05) is 0 Å². The monoisotopic (exact) mass is 241 g/mol. The van der Waals surface area contributed by atoms with Crippen molar-refractivity contribution >= 4 is 11.3 Å². The second-order valence-corrected chi connectivity index (χ2v) is 6.85. The molecule has 0 aliphatic carbocycles. The first kappa shape index (κ1) is 13.7. The molecular formula is C13H23NOS. The SMILES string of the molecule is CCCc1nc(C(C)(C)C)sc1C(C)(C)O. The molecule has 0 saturated heterocycles. The molecule has 0 unspecified atom stereocenters. The standard InChI is InChI=1S/C13H23NOS/c1-7-8-9-10(13(5,6)15)16-11(14-9)12(2,3)4/h15H,7-8H2,1-6H3. The van der Waals surface area contributed by atoms with Crippen molar-refractivity contribution in [3.63, 3.8) is 0 Å². The zero-order chi connectivity index (χ0) is 12.6. The van der Waals surface area contributed by atoms with E-state index in [1.807, 2.05) is 13.8 Å². The van der Waals surface area contributed by atoms with E-state index in [0.717, 1.165) is 28.4 Å². The number of nitrogens with zero attached hydrogens (tertiary/aromatic N) is 1. The van der Waals surface area contributed by atoms with Gasteiger partial charge in [-0.25, -0.2) is 4.98 Å². The van der Waals surface area contributed by atoms with Crippen molar-refractivity contribution < 1.29 is 5.11 Å². The average Bonchev–Trinajstić information content (AvgIpc) is 2.46. The molecule has 1 N–H and O–H groups in total. The first-order chi connectivity index (χ1) is 7.16. The number of rotatable bonds is 3. The smallest absolute Gasteiger partial charge is 0.0985 e. The number of thiazole rings is 1. The first-order valence-corrected chi connectivity index (χ1v) is 6.71. The molecular weight excluding hydrogens is 218 g/mol. The third-order valence-corrected chi connectivity index (χ3v) is 4.22. The van der Waals surface area contributed by atoms with Crippen LogP contribution in [0.15, 0.2) is 0 Å². The van der Waals surface area contributed by atoms with E-state index in [4.69, 9.17) is 4.98 Å². The van der Waals surface area contributed by atoms with Crippen molar-refractivity contribution in [3.8, 4) is 0 Å². The van der Waals surface area contributed by atoms with E-state index in [-0.39, 0.29) is 5.41 Å². The van der Waals surface area contributed by atoms with Gasteiger partial charge in [-0.3, -0.25) is 0 Å². The molecule has 92 valence electrons. The van der Waals surface area contributed by atoms with Gasteiger partial charge in [-0.05, 0) is 20.3 Å². The van der Waals surface area contributed by atoms with Gasteiger partial charge in [0.15, 0.2) is 0 Å². The maximum atomic E-state index is 10.1. The molecule has 0 aliphatic rings. The summed E-state index contributed by atoms with van der Waals surface area (Å²) < 4.78 is 0. The highest BCUT2D eigenvalue weighted by Crippen LogP contribution is 2.35. The molecule has 1 heterocycles. The van der Waals surface area contributed by atoms with Crippen molar-refractivity contribution in [3.05, 3.63) is 15.6 Å². The average molecular weight is 241 g/mol. The van der Waals surface area contributed by atoms with E-state index in [0.29, 0.717) is 0 Å². The van der Waals surface area contributed by atoms with Gasteiger partial charge in [0.1, 0.15) is 0 Å². The summed E-state index contributed by atoms with van der Waals surface area (Å²) in [6.07, 6.45) is 2.02. The maximum absolute atomic E-state index is 10.1. The van der Waals surface area contributed by atoms with Gasteiger partial charge in [-0.2, -0.15) is 0 Å². The fraction of sp³-hybridized carbons (Fsp3) is 0.769. The molecule has 0 atom stereocenters. The lowest BCUT2D eigenvalue weighted by Crippen LogP contribution is -2.15. The summed E-state index contributed by atoms with van der Waals surface area (Å²) in [5.41, 5.74) is 0.368. The zero-order valence-corrected chi connectivity index (χ0v) is 12.0. The molecule has 0 saturated carbocycles. The van der Waals surface area contributed by atoms with Crippen LogP contribution in [0.4, 0.5) is 0 Å². The summed E-state index contributed by atoms with van der Waals surface area (Å²) in [7, 11) is 0. The lowest BCUT2D eigenvalue weighted by atomic mass is 9.98. The van der Waals surface area contributed by atoms with Crippen LogP contribution in [0.5, 0.6) is 0 Å². The Balaban J connectivity index is 3.21. The van der Waals surface area contributed by atoms with Crippen LogP contribution in [0, 0.1) is 0 Å². The molecule has 1 aromatic rings. The Labute approximate surface area is 103 Å². The Morgan fingerprint density at radius 2 is 1.75 bits per heavy atom. The van der Waals surface area contributed by atoms with Crippen LogP contribution in [0.3, 0.4) is 0 Å². The topological polar surface area (TPSA) is 33.1 Å². The zero-order valence-electron chi connectivity index (χ0n) is 11.2. The third kappa shape index (κ3) is 3.05. The number of hydrogen-bond acceptors (Lipinski definition) is 3. The van der Waals surface area contributed by atoms with Crippen LogP contribution in [-0.4, -0.2) is 10.1 Å². The molecule has 2 nitrogen and oxygen atoms in total. The van der Waals surface area contributed by atoms with Crippen LogP contribution < -0.4 is 0 Å². The van der Waals surface area contributed by atoms with E-state index in [1.165, 1.54) is 0 Å². The van der Waals surface area contributed by atoms with Gasteiger partial charge in [0.2, 0.25) is 0 Å². The van der Waals surface area contributed by atoms with E-state index in [2.05, 4.69) is 27.7 Å². The summed E-state index contributed by atoms with van der Waals surface area (Å²) in [6, 6.07) is 0. The highest BCUT2D eigenvalue weighted by atomic mass is 32.1. The molecule has 0 amide bonds. The fourth-order valence-electron chi connectivity index (χ4n) is 1.56. The Bertz CT molecular complexity index is 355. The Kier molecular flexibility index (Phi) is 3.80. The summed E-state index contributed by atoms with van der Waals surface area (Å²) >= 11 is 1.65. The number of aryl methyl sites for hydroxylation is 1. The molecule has 0 bridgehead atoms. The summed E-state index contributed by atoms with van der Waals surface area (Å²) in [4.78, 5) is 5.72. The molecule has 16 heavy (non-hydrogen) atoms. The number of aliphatic hydroxyl groups is 1. The lowest BCUT2D eigenvalue weighted by molar-refractivity contribution is 0.0813. The van der Waals surface area contributed by atoms with Crippen molar-refractivity contribution in [1.82, 2.24) is 4.98 Å². The van der Waals surface area contributed by atoms with Crippen molar-refractivity contribution in [1.29, 1.82) is 0 Å². The third-order valence-electron chi connectivity index (χ3n) is 2.38. The van der Waals surface area contributed by atoms with Gasteiger partial charge in [0.05, 0.1) is 21.2 Å². The highest BCUT2D eigenvalue weighted by molar-refractivity contribution is 7.12. The van der Waals surface area contributed by atoms with Gasteiger partial charge < -0.3 is 5.11 Å². The molecule has 0 spiro atoms. The van der Waals surface area contributed by atoms with Crippen molar-refractivity contribution in [2.24, 2.45) is 0 Å². The number of hydrogen-bond donors (Lipinski definition) is 1. The first-order valence-electron chi connectivity index (χ1n) is 5.89. The predicted molar refractivity (Wildman–Crippen MR) is 70.1 cm³/mol. The Morgan fingerprint density at radius 3 is 2.12 bits per heavy atom. The van der Waals surface area contributed by atoms with Crippen LogP contribution in [-0.2, 0) is 17.4 Å². The molecule has 0 aliphatic heterocycles. The van der Waals surface area contributed by atoms with Gasteiger partial charge in [0, 0.05) is 5.41 Å². The molecule has 0 aromatic carbocycles. The van der Waals surface area contributed by atoms with Crippen LogP contribution in [0.2, 0.25) is 0 Å². The van der Waals surface area contributed by atoms with Crippen LogP contribution >= 0.6 is 11.3 Å². The van der Waals surface area contributed by atoms with Crippen LogP contribution in [0.25, 0.3) is 0 Å². The Morgan fingerprint density at radius 1 is 1.19 bits per heavy atom. The van der Waals surface area contributed by atoms with E-state index in [9.17, 15) is 5.11 Å². The molecule has 0 fully saturated rings. The van der Waals surface area contributed by atoms with Gasteiger partial charge in [-0.1, -0.05) is 34.1 Å². The molecule has 0 radical (unpaired) electrons. The van der Waals surface area contributed by atoms with E-state index >= 15 is 0 Å². The van der Waals surface area contributed by atoms with E-state index < -0.39 is 5.60 Å². The predicted octanol–water partition coefficient (Wildman–Crippen LogP) is 3.62. The quantitative estimate of drug-likeness (QED) is 0.876. The summed E-state index contributed by atoms with van der Waals surface area (Å²) in [5, 5.41) is 11.3. The summed E-state index contributed by atoms with van der Waals surface area (Å²) in [5.74, 6) is 0. The maximum Gasteiger partial charge on any atom is 0.0985 e. The Hall–Kier alpha value is -0.410. The number of aromatic nitrogens is 1. The van der Waals surface area contributed by atoms with Gasteiger partial charge in [0.25, 0.3) is 0 Å².